The van der Waals surface area contributed by atoms with E-state index >= 15 is 0 Å². The van der Waals surface area contributed by atoms with Gasteiger partial charge in [-0.1, -0.05) is 0 Å². The van der Waals surface area contributed by atoms with Gasteiger partial charge in [-0.15, -0.1) is 0 Å². The molecule has 3 atom stereocenters. The molecule has 0 bridgehead atoms. The number of hydrogen-bond acceptors (Lipinski definition) is 3. The van der Waals surface area contributed by atoms with Gasteiger partial charge in [0.15, 0.2) is 0 Å². The van der Waals surface area contributed by atoms with Crippen molar-refractivity contribution >= 4 is 22.8 Å². The number of rotatable bonds is 4. The van der Waals surface area contributed by atoms with Gasteiger partial charge in [0.25, 0.3) is 0 Å². The summed E-state index contributed by atoms with van der Waals surface area (Å²) in [6, 6.07) is -1.11. The number of likely N-dealkylation sites (tertiary alicyclic amines) is 1. The van der Waals surface area contributed by atoms with Gasteiger partial charge in [-0.3, -0.25) is 4.21 Å². The van der Waals surface area contributed by atoms with Crippen molar-refractivity contribution in [3.8, 4) is 0 Å². The minimum atomic E-state index is -0.995. The predicted octanol–water partition coefficient (Wildman–Crippen LogP) is 0.0120. The first-order valence-corrected chi connectivity index (χ1v) is 7.15. The number of carbonyl (C=O) groups excluding carboxylic acids is 1. The van der Waals surface area contributed by atoms with E-state index in [0.717, 1.165) is 0 Å². The van der Waals surface area contributed by atoms with Gasteiger partial charge in [0, 0.05) is 35.4 Å². The number of urea groups is 1. The van der Waals surface area contributed by atoms with E-state index in [9.17, 15) is 13.8 Å². The van der Waals surface area contributed by atoms with Crippen LogP contribution in [0.5, 0.6) is 0 Å². The van der Waals surface area contributed by atoms with Crippen LogP contribution in [-0.4, -0.2) is 56.9 Å². The zero-order valence-corrected chi connectivity index (χ0v) is 10.8. The second-order valence-electron chi connectivity index (χ2n) is 4.18. The van der Waals surface area contributed by atoms with Crippen molar-refractivity contribution in [2.24, 2.45) is 0 Å². The Morgan fingerprint density at radius 1 is 1.59 bits per heavy atom. The molecule has 1 heterocycles. The molecule has 98 valence electrons. The average Bonchev–Trinajstić information content (AvgIpc) is 2.73. The summed E-state index contributed by atoms with van der Waals surface area (Å²) in [5.41, 5.74) is 0. The van der Waals surface area contributed by atoms with Crippen molar-refractivity contribution < 1.29 is 18.9 Å². The first-order valence-electron chi connectivity index (χ1n) is 5.53. The molecule has 2 N–H and O–H groups in total. The third kappa shape index (κ3) is 3.69. The fraction of sp³-hybridized carbons (Fsp3) is 0.800. The molecule has 1 fully saturated rings. The van der Waals surface area contributed by atoms with Crippen molar-refractivity contribution in [3.63, 3.8) is 0 Å². The molecular weight excluding hydrogens is 244 g/mol. The zero-order valence-electron chi connectivity index (χ0n) is 10.0. The molecule has 0 aliphatic carbocycles. The van der Waals surface area contributed by atoms with Crippen molar-refractivity contribution in [1.29, 1.82) is 0 Å². The molecule has 1 rings (SSSR count). The summed E-state index contributed by atoms with van der Waals surface area (Å²) >= 11 is 0. The SMILES string of the molecule is CC(CNC(=O)N1CCCC1C(=O)O)S(C)=O. The number of carbonyl (C=O) groups is 2. The molecule has 0 radical (unpaired) electrons. The van der Waals surface area contributed by atoms with Gasteiger partial charge in [-0.05, 0) is 19.8 Å². The van der Waals surface area contributed by atoms with Crippen molar-refractivity contribution in [3.05, 3.63) is 0 Å². The van der Waals surface area contributed by atoms with Crippen LogP contribution in [-0.2, 0) is 15.6 Å². The molecule has 1 aliphatic heterocycles. The van der Waals surface area contributed by atoms with E-state index in [1.54, 1.807) is 13.2 Å². The van der Waals surface area contributed by atoms with Gasteiger partial charge in [0.2, 0.25) is 0 Å². The van der Waals surface area contributed by atoms with E-state index in [2.05, 4.69) is 5.32 Å². The Bertz CT molecular complexity index is 334. The molecule has 6 nitrogen and oxygen atoms in total. The van der Waals surface area contributed by atoms with E-state index in [1.807, 2.05) is 0 Å². The minimum absolute atomic E-state index is 0.134. The quantitative estimate of drug-likeness (QED) is 0.747. The maximum absolute atomic E-state index is 11.7. The summed E-state index contributed by atoms with van der Waals surface area (Å²) in [6.07, 6.45) is 2.78. The summed E-state index contributed by atoms with van der Waals surface area (Å²) in [5.74, 6) is -0.968. The van der Waals surface area contributed by atoms with E-state index < -0.39 is 22.8 Å². The van der Waals surface area contributed by atoms with Gasteiger partial charge in [-0.2, -0.15) is 0 Å². The van der Waals surface area contributed by atoms with E-state index in [-0.39, 0.29) is 11.3 Å². The Hall–Kier alpha value is -1.11. The van der Waals surface area contributed by atoms with Crippen molar-refractivity contribution in [2.45, 2.75) is 31.1 Å². The van der Waals surface area contributed by atoms with E-state index in [1.165, 1.54) is 4.90 Å². The fourth-order valence-corrected chi connectivity index (χ4v) is 2.03. The highest BCUT2D eigenvalue weighted by molar-refractivity contribution is 7.84. The first kappa shape index (κ1) is 14.0. The molecule has 0 aromatic carbocycles. The molecule has 3 unspecified atom stereocenters. The van der Waals surface area contributed by atoms with Crippen LogP contribution in [0.1, 0.15) is 19.8 Å². The van der Waals surface area contributed by atoms with Crippen LogP contribution >= 0.6 is 0 Å². The van der Waals surface area contributed by atoms with Crippen LogP contribution in [0.2, 0.25) is 0 Å². The molecule has 17 heavy (non-hydrogen) atoms. The molecule has 0 saturated carbocycles. The molecule has 0 spiro atoms. The second-order valence-corrected chi connectivity index (χ2v) is 5.99. The third-order valence-corrected chi connectivity index (χ3v) is 4.21. The molecule has 7 heteroatoms. The molecule has 2 amide bonds. The van der Waals surface area contributed by atoms with Crippen LogP contribution in [0.4, 0.5) is 4.79 Å². The maximum atomic E-state index is 11.7. The fourth-order valence-electron chi connectivity index (χ4n) is 1.72. The van der Waals surface area contributed by atoms with Gasteiger partial charge in [0.05, 0.1) is 0 Å². The highest BCUT2D eigenvalue weighted by atomic mass is 32.2. The third-order valence-electron chi connectivity index (χ3n) is 2.91. The van der Waals surface area contributed by atoms with Crippen LogP contribution in [0.25, 0.3) is 0 Å². The summed E-state index contributed by atoms with van der Waals surface area (Å²) < 4.78 is 11.1. The van der Waals surface area contributed by atoms with Gasteiger partial charge < -0.3 is 15.3 Å². The summed E-state index contributed by atoms with van der Waals surface area (Å²) in [4.78, 5) is 24.0. The summed E-state index contributed by atoms with van der Waals surface area (Å²) in [6.45, 7) is 2.53. The topological polar surface area (TPSA) is 86.7 Å². The van der Waals surface area contributed by atoms with Crippen molar-refractivity contribution in [1.82, 2.24) is 10.2 Å². The zero-order chi connectivity index (χ0) is 13.0. The number of nitrogens with one attached hydrogen (secondary N) is 1. The Morgan fingerprint density at radius 3 is 2.76 bits per heavy atom. The lowest BCUT2D eigenvalue weighted by Gasteiger charge is -2.22. The number of aliphatic carboxylic acids is 1. The van der Waals surface area contributed by atoms with Crippen LogP contribution in [0.15, 0.2) is 0 Å². The normalized spacial score (nSPS) is 23.2. The molecular formula is C10H18N2O4S. The van der Waals surface area contributed by atoms with Crippen LogP contribution in [0, 0.1) is 0 Å². The summed E-state index contributed by atoms with van der Waals surface area (Å²) in [5, 5.41) is 11.4. The Balaban J connectivity index is 2.47. The monoisotopic (exact) mass is 262 g/mol. The molecule has 1 saturated heterocycles. The number of carboxylic acids is 1. The standard InChI is InChI=1S/C10H18N2O4S/c1-7(17(2)16)6-11-10(15)12-5-3-4-8(12)9(13)14/h7-8H,3-6H2,1-2H3,(H,11,15)(H,13,14). The van der Waals surface area contributed by atoms with Crippen LogP contribution in [0.3, 0.4) is 0 Å². The van der Waals surface area contributed by atoms with Crippen molar-refractivity contribution in [2.75, 3.05) is 19.3 Å². The highest BCUT2D eigenvalue weighted by Crippen LogP contribution is 2.17. The smallest absolute Gasteiger partial charge is 0.326 e. The number of hydrogen-bond donors (Lipinski definition) is 2. The van der Waals surface area contributed by atoms with Crippen LogP contribution < -0.4 is 5.32 Å². The molecule has 0 aromatic rings. The second kappa shape index (κ2) is 6.00. The van der Waals surface area contributed by atoms with E-state index in [0.29, 0.717) is 25.9 Å². The minimum Gasteiger partial charge on any atom is -0.480 e. The van der Waals surface area contributed by atoms with Gasteiger partial charge in [0.1, 0.15) is 6.04 Å². The predicted molar refractivity (Wildman–Crippen MR) is 64.3 cm³/mol. The Labute approximate surface area is 103 Å². The lowest BCUT2D eigenvalue weighted by atomic mass is 10.2. The largest absolute Gasteiger partial charge is 0.480 e. The highest BCUT2D eigenvalue weighted by Gasteiger charge is 2.33. The number of amides is 2. The van der Waals surface area contributed by atoms with Gasteiger partial charge >= 0.3 is 12.0 Å². The number of nitrogens with zero attached hydrogens (tertiary/aromatic N) is 1. The Kier molecular flexibility index (Phi) is 4.92. The molecule has 1 aliphatic rings. The number of carboxylic acid groups (broad SMARTS) is 1. The maximum Gasteiger partial charge on any atom is 0.326 e. The first-order chi connectivity index (χ1) is 7.93. The Morgan fingerprint density at radius 2 is 2.24 bits per heavy atom. The lowest BCUT2D eigenvalue weighted by Crippen LogP contribution is -2.47. The average molecular weight is 262 g/mol. The lowest BCUT2D eigenvalue weighted by molar-refractivity contribution is -0.141. The molecule has 0 aromatic heterocycles. The van der Waals surface area contributed by atoms with Gasteiger partial charge in [-0.25, -0.2) is 9.59 Å². The summed E-state index contributed by atoms with van der Waals surface area (Å²) in [7, 11) is -0.995. The van der Waals surface area contributed by atoms with E-state index in [4.69, 9.17) is 5.11 Å².